The van der Waals surface area contributed by atoms with Crippen molar-refractivity contribution in [2.75, 3.05) is 5.32 Å². The fourth-order valence-corrected chi connectivity index (χ4v) is 3.14. The van der Waals surface area contributed by atoms with Crippen molar-refractivity contribution < 1.29 is 14.3 Å². The number of ether oxygens (including phenoxy) is 1. The maximum Gasteiger partial charge on any atom is 0.338 e. The number of nitrogens with one attached hydrogen (secondary N) is 1. The van der Waals surface area contributed by atoms with Crippen LogP contribution in [0.2, 0.25) is 0 Å². The van der Waals surface area contributed by atoms with E-state index in [1.54, 1.807) is 19.1 Å². The van der Waals surface area contributed by atoms with Crippen LogP contribution in [0.4, 0.5) is 5.69 Å². The molecule has 0 heterocycles. The third kappa shape index (κ3) is 4.91. The quantitative estimate of drug-likeness (QED) is 0.576. The van der Waals surface area contributed by atoms with Crippen molar-refractivity contribution in [1.29, 1.82) is 0 Å². The van der Waals surface area contributed by atoms with E-state index < -0.39 is 12.1 Å². The molecule has 0 aliphatic heterocycles. The Morgan fingerprint density at radius 2 is 1.55 bits per heavy atom. The van der Waals surface area contributed by atoms with Gasteiger partial charge in [-0.3, -0.25) is 4.79 Å². The van der Waals surface area contributed by atoms with E-state index in [-0.39, 0.29) is 5.91 Å². The van der Waals surface area contributed by atoms with Crippen molar-refractivity contribution >= 4 is 17.6 Å². The van der Waals surface area contributed by atoms with Crippen molar-refractivity contribution in [2.45, 2.75) is 33.3 Å². The molecular formula is C25H25NO3. The Labute approximate surface area is 171 Å². The van der Waals surface area contributed by atoms with E-state index in [1.807, 2.05) is 74.5 Å². The number of esters is 1. The lowest BCUT2D eigenvalue weighted by atomic mass is 10.0. The lowest BCUT2D eigenvalue weighted by molar-refractivity contribution is -0.123. The molecule has 0 bridgehead atoms. The number of carbonyl (C=O) groups excluding carboxylic acids is 2. The maximum atomic E-state index is 12.6. The summed E-state index contributed by atoms with van der Waals surface area (Å²) < 4.78 is 5.38. The molecular weight excluding hydrogens is 362 g/mol. The van der Waals surface area contributed by atoms with E-state index >= 15 is 0 Å². The van der Waals surface area contributed by atoms with Gasteiger partial charge in [-0.25, -0.2) is 4.79 Å². The maximum absolute atomic E-state index is 12.6. The van der Waals surface area contributed by atoms with Crippen LogP contribution in [0.25, 0.3) is 11.1 Å². The van der Waals surface area contributed by atoms with E-state index in [0.29, 0.717) is 5.56 Å². The number of rotatable bonds is 6. The summed E-state index contributed by atoms with van der Waals surface area (Å²) in [6.45, 7) is 5.56. The Morgan fingerprint density at radius 3 is 2.21 bits per heavy atom. The third-order valence-corrected chi connectivity index (χ3v) is 4.87. The van der Waals surface area contributed by atoms with Crippen LogP contribution in [-0.4, -0.2) is 18.0 Å². The third-order valence-electron chi connectivity index (χ3n) is 4.87. The van der Waals surface area contributed by atoms with E-state index in [9.17, 15) is 9.59 Å². The summed E-state index contributed by atoms with van der Waals surface area (Å²) in [6.07, 6.45) is -0.0974. The van der Waals surface area contributed by atoms with Gasteiger partial charge in [0.05, 0.1) is 5.56 Å². The zero-order chi connectivity index (χ0) is 20.8. The summed E-state index contributed by atoms with van der Waals surface area (Å²) in [5.41, 5.74) is 5.32. The predicted octanol–water partition coefficient (Wildman–Crippen LogP) is 5.41. The molecule has 0 spiro atoms. The topological polar surface area (TPSA) is 55.4 Å². The summed E-state index contributed by atoms with van der Waals surface area (Å²) in [5.74, 6) is -0.865. The van der Waals surface area contributed by atoms with Gasteiger partial charge in [-0.15, -0.1) is 0 Å². The van der Waals surface area contributed by atoms with E-state index in [2.05, 4.69) is 5.32 Å². The smallest absolute Gasteiger partial charge is 0.338 e. The summed E-state index contributed by atoms with van der Waals surface area (Å²) in [6, 6.07) is 23.0. The standard InChI is InChI=1S/C25H25NO3/c1-4-19-12-8-9-17(2)23(19)26-24(27)18(3)29-25(28)22-15-13-21(14-16-22)20-10-6-5-7-11-20/h5-16,18H,4H2,1-3H3,(H,26,27)/t18-/m1/s1. The summed E-state index contributed by atoms with van der Waals surface area (Å²) in [5, 5.41) is 2.90. The van der Waals surface area contributed by atoms with Gasteiger partial charge in [-0.2, -0.15) is 0 Å². The average molecular weight is 387 g/mol. The number of hydrogen-bond acceptors (Lipinski definition) is 3. The van der Waals surface area contributed by atoms with Crippen LogP contribution >= 0.6 is 0 Å². The van der Waals surface area contributed by atoms with Gasteiger partial charge in [-0.05, 0) is 54.7 Å². The molecule has 1 amide bonds. The Hall–Kier alpha value is -3.40. The molecule has 4 nitrogen and oxygen atoms in total. The van der Waals surface area contributed by atoms with Crippen LogP contribution < -0.4 is 5.32 Å². The molecule has 0 aliphatic rings. The number of anilines is 1. The Kier molecular flexibility index (Phi) is 6.45. The second-order valence-electron chi connectivity index (χ2n) is 6.94. The fourth-order valence-electron chi connectivity index (χ4n) is 3.14. The summed E-state index contributed by atoms with van der Waals surface area (Å²) >= 11 is 0. The number of amides is 1. The fraction of sp³-hybridized carbons (Fsp3) is 0.200. The van der Waals surface area contributed by atoms with Crippen LogP contribution in [0.3, 0.4) is 0 Å². The molecule has 1 atom stereocenters. The number of benzene rings is 3. The monoisotopic (exact) mass is 387 g/mol. The van der Waals surface area contributed by atoms with Crippen LogP contribution in [0, 0.1) is 6.92 Å². The molecule has 0 saturated heterocycles. The highest BCUT2D eigenvalue weighted by Crippen LogP contribution is 2.22. The van der Waals surface area contributed by atoms with Gasteiger partial charge < -0.3 is 10.1 Å². The number of carbonyl (C=O) groups is 2. The first kappa shape index (κ1) is 20.3. The van der Waals surface area contributed by atoms with E-state index in [1.165, 1.54) is 0 Å². The van der Waals surface area contributed by atoms with E-state index in [4.69, 9.17) is 4.74 Å². The van der Waals surface area contributed by atoms with Crippen LogP contribution in [0.1, 0.15) is 35.3 Å². The molecule has 0 saturated carbocycles. The van der Waals surface area contributed by atoms with Gasteiger partial charge in [0.1, 0.15) is 0 Å². The van der Waals surface area contributed by atoms with Crippen molar-refractivity contribution in [1.82, 2.24) is 0 Å². The average Bonchev–Trinajstić information content (AvgIpc) is 2.75. The minimum absolute atomic E-state index is 0.344. The SMILES string of the molecule is CCc1cccc(C)c1NC(=O)[C@@H](C)OC(=O)c1ccc(-c2ccccc2)cc1. The summed E-state index contributed by atoms with van der Waals surface area (Å²) in [4.78, 5) is 25.0. The number of hydrogen-bond donors (Lipinski definition) is 1. The molecule has 0 radical (unpaired) electrons. The van der Waals surface area contributed by atoms with Gasteiger partial charge in [0, 0.05) is 5.69 Å². The number of para-hydroxylation sites is 1. The minimum Gasteiger partial charge on any atom is -0.449 e. The lowest BCUT2D eigenvalue weighted by Crippen LogP contribution is -2.30. The zero-order valence-corrected chi connectivity index (χ0v) is 16.9. The molecule has 1 N–H and O–H groups in total. The molecule has 148 valence electrons. The van der Waals surface area contributed by atoms with Gasteiger partial charge in [0.15, 0.2) is 6.10 Å². The molecule has 3 aromatic rings. The van der Waals surface area contributed by atoms with E-state index in [0.717, 1.165) is 34.4 Å². The van der Waals surface area contributed by atoms with Crippen molar-refractivity contribution in [2.24, 2.45) is 0 Å². The molecule has 0 aromatic heterocycles. The van der Waals surface area contributed by atoms with Crippen molar-refractivity contribution in [3.05, 3.63) is 89.5 Å². The molecule has 0 fully saturated rings. The lowest BCUT2D eigenvalue weighted by Gasteiger charge is -2.17. The summed E-state index contributed by atoms with van der Waals surface area (Å²) in [7, 11) is 0. The largest absolute Gasteiger partial charge is 0.449 e. The second-order valence-corrected chi connectivity index (χ2v) is 6.94. The highest BCUT2D eigenvalue weighted by molar-refractivity contribution is 5.98. The molecule has 3 aromatic carbocycles. The molecule has 0 aliphatic carbocycles. The van der Waals surface area contributed by atoms with Crippen molar-refractivity contribution in [3.63, 3.8) is 0 Å². The normalized spacial score (nSPS) is 11.6. The molecule has 4 heteroatoms. The van der Waals surface area contributed by atoms with Crippen LogP contribution in [-0.2, 0) is 16.0 Å². The van der Waals surface area contributed by atoms with Crippen LogP contribution in [0.5, 0.6) is 0 Å². The van der Waals surface area contributed by atoms with Crippen molar-refractivity contribution in [3.8, 4) is 11.1 Å². The van der Waals surface area contributed by atoms with Gasteiger partial charge >= 0.3 is 5.97 Å². The Balaban J connectivity index is 1.65. The predicted molar refractivity (Wildman–Crippen MR) is 116 cm³/mol. The van der Waals surface area contributed by atoms with Gasteiger partial charge in [-0.1, -0.05) is 67.6 Å². The van der Waals surface area contributed by atoms with Crippen LogP contribution in [0.15, 0.2) is 72.8 Å². The Bertz CT molecular complexity index is 994. The first-order valence-corrected chi connectivity index (χ1v) is 9.75. The van der Waals surface area contributed by atoms with Gasteiger partial charge in [0.2, 0.25) is 0 Å². The first-order chi connectivity index (χ1) is 14.0. The number of aryl methyl sites for hydroxylation is 2. The molecule has 29 heavy (non-hydrogen) atoms. The Morgan fingerprint density at radius 1 is 0.897 bits per heavy atom. The highest BCUT2D eigenvalue weighted by Gasteiger charge is 2.20. The minimum atomic E-state index is -0.902. The molecule has 0 unspecified atom stereocenters. The zero-order valence-electron chi connectivity index (χ0n) is 16.9. The second kappa shape index (κ2) is 9.20. The first-order valence-electron chi connectivity index (χ1n) is 9.75. The molecule has 3 rings (SSSR count). The van der Waals surface area contributed by atoms with Gasteiger partial charge in [0.25, 0.3) is 5.91 Å². The highest BCUT2D eigenvalue weighted by atomic mass is 16.5.